The van der Waals surface area contributed by atoms with Crippen molar-refractivity contribution in [2.75, 3.05) is 13.2 Å². The second-order valence-electron chi connectivity index (χ2n) is 4.47. The van der Waals surface area contributed by atoms with Crippen molar-refractivity contribution in [1.82, 2.24) is 5.31 Å². The molecule has 0 spiro atoms. The van der Waals surface area contributed by atoms with Gasteiger partial charge >= 0.3 is 0 Å². The number of hydrogen-bond donors (Lipinski definition) is 6. The lowest BCUT2D eigenvalue weighted by Crippen LogP contribution is -2.52. The number of nitrogens with one attached hydrogen (secondary N) is 1. The Morgan fingerprint density at radius 2 is 1.89 bits per heavy atom. The molecule has 0 amide bonds. The van der Waals surface area contributed by atoms with Crippen LogP contribution in [0, 0.1) is 0 Å². The summed E-state index contributed by atoms with van der Waals surface area (Å²) in [5.74, 6) is -2.35. The maximum absolute atomic E-state index is 11.8. The average molecular weight is 278 g/mol. The molecule has 0 bridgehead atoms. The molecular formula is C11H19NO7. The predicted octanol–water partition coefficient (Wildman–Crippen LogP) is -3.69. The van der Waals surface area contributed by atoms with Gasteiger partial charge in [0.15, 0.2) is 0 Å². The molecule has 0 aromatic rings. The molecule has 8 heteroatoms. The fraction of sp³-hybridized carbons (Fsp3) is 0.818. The molecule has 0 unspecified atom stereocenters. The predicted molar refractivity (Wildman–Crippen MR) is 62.2 cm³/mol. The smallest absolute Gasteiger partial charge is 0.231 e. The Hall–Kier alpha value is -0.900. The van der Waals surface area contributed by atoms with Crippen molar-refractivity contribution in [3.63, 3.8) is 0 Å². The summed E-state index contributed by atoms with van der Waals surface area (Å²) in [6.45, 7) is -0.551. The van der Waals surface area contributed by atoms with Gasteiger partial charge in [-0.25, -0.2) is 0 Å². The zero-order valence-corrected chi connectivity index (χ0v) is 10.2. The zero-order chi connectivity index (χ0) is 15.4. The number of hydrogen-bond acceptors (Lipinski definition) is 8. The van der Waals surface area contributed by atoms with Crippen LogP contribution in [0.2, 0.25) is 1.41 Å². The van der Waals surface area contributed by atoms with Gasteiger partial charge in [0, 0.05) is 0 Å². The fourth-order valence-electron chi connectivity index (χ4n) is 1.82. The van der Waals surface area contributed by atoms with Crippen molar-refractivity contribution in [2.24, 2.45) is 0 Å². The first-order valence-corrected chi connectivity index (χ1v) is 5.98. The molecule has 19 heavy (non-hydrogen) atoms. The molecule has 8 nitrogen and oxygen atoms in total. The van der Waals surface area contributed by atoms with E-state index < -0.39 is 48.6 Å². The summed E-state index contributed by atoms with van der Waals surface area (Å²) in [5, 5.41) is 47.1. The van der Waals surface area contributed by atoms with Crippen LogP contribution in [0.1, 0.15) is 12.8 Å². The lowest BCUT2D eigenvalue weighted by molar-refractivity contribution is -0.154. The zero-order valence-electron chi connectivity index (χ0n) is 11.2. The first kappa shape index (κ1) is 14.5. The molecule has 1 heterocycles. The SMILES string of the molecule is [2H]N1CCC[C@H]1C(=O)C(=O)[C@H](O)[C@@H](O)[C@@H](O)[C@H](O)CO. The minimum atomic E-state index is -2.22. The maximum Gasteiger partial charge on any atom is 0.231 e. The van der Waals surface area contributed by atoms with Gasteiger partial charge < -0.3 is 30.8 Å². The molecule has 1 fully saturated rings. The summed E-state index contributed by atoms with van der Waals surface area (Å²) < 4.78 is 7.44. The van der Waals surface area contributed by atoms with E-state index in [2.05, 4.69) is 0 Å². The topological polar surface area (TPSA) is 147 Å². The molecule has 6 N–H and O–H groups in total. The summed E-state index contributed by atoms with van der Waals surface area (Å²) in [7, 11) is 0. The number of rotatable bonds is 7. The van der Waals surface area contributed by atoms with E-state index in [-0.39, 0.29) is 0 Å². The monoisotopic (exact) mass is 278 g/mol. The highest BCUT2D eigenvalue weighted by Gasteiger charge is 2.39. The maximum atomic E-state index is 11.8. The van der Waals surface area contributed by atoms with Gasteiger partial charge in [0.2, 0.25) is 11.6 Å². The van der Waals surface area contributed by atoms with Crippen LogP contribution >= 0.6 is 0 Å². The minimum absolute atomic E-state index is 0.304. The van der Waals surface area contributed by atoms with Gasteiger partial charge in [-0.2, -0.15) is 0 Å². The van der Waals surface area contributed by atoms with Crippen molar-refractivity contribution in [3.05, 3.63) is 0 Å². The van der Waals surface area contributed by atoms with Gasteiger partial charge in [-0.1, -0.05) is 0 Å². The third kappa shape index (κ3) is 3.78. The Balaban J connectivity index is 2.68. The quantitative estimate of drug-likeness (QED) is 0.261. The standard InChI is InChI=1S/C11H19NO7/c13-4-6(14)8(16)10(18)11(19)9(17)7(15)5-2-1-3-12-5/h5-6,8,10-14,16,18-19H,1-4H2/t5-,6+,8-,10-,11-/m0/s1/i/hD. The van der Waals surface area contributed by atoms with Gasteiger partial charge in [0.1, 0.15) is 25.8 Å². The number of Topliss-reactive ketones (excluding diaryl/α,β-unsaturated/α-hetero) is 2. The van der Waals surface area contributed by atoms with Gasteiger partial charge in [-0.15, -0.1) is 0 Å². The van der Waals surface area contributed by atoms with Crippen LogP contribution in [0.3, 0.4) is 0 Å². The number of carbonyl (C=O) groups excluding carboxylic acids is 2. The molecule has 1 rings (SSSR count). The van der Waals surface area contributed by atoms with Gasteiger partial charge in [0.05, 0.1) is 12.6 Å². The second kappa shape index (κ2) is 7.04. The van der Waals surface area contributed by atoms with E-state index >= 15 is 0 Å². The van der Waals surface area contributed by atoms with E-state index in [0.29, 0.717) is 19.4 Å². The van der Waals surface area contributed by atoms with E-state index in [9.17, 15) is 24.9 Å². The molecule has 0 saturated carbocycles. The summed E-state index contributed by atoms with van der Waals surface area (Å²) in [4.78, 5) is 23.5. The highest BCUT2D eigenvalue weighted by atomic mass is 16.4. The van der Waals surface area contributed by atoms with Crippen molar-refractivity contribution < 1.29 is 36.5 Å². The highest BCUT2D eigenvalue weighted by molar-refractivity contribution is 6.40. The number of ketones is 2. The van der Waals surface area contributed by atoms with Crippen LogP contribution < -0.4 is 5.31 Å². The van der Waals surface area contributed by atoms with Crippen molar-refractivity contribution in [1.29, 1.82) is 0 Å². The van der Waals surface area contributed by atoms with E-state index in [4.69, 9.17) is 11.6 Å². The molecule has 1 aliphatic rings. The van der Waals surface area contributed by atoms with Crippen LogP contribution in [0.4, 0.5) is 0 Å². The summed E-state index contributed by atoms with van der Waals surface area (Å²) in [5.41, 5.74) is 0. The Kier molecular flexibility index (Phi) is 5.37. The lowest BCUT2D eigenvalue weighted by atomic mass is 9.95. The third-order valence-corrected chi connectivity index (χ3v) is 3.05. The van der Waals surface area contributed by atoms with E-state index in [1.807, 2.05) is 0 Å². The van der Waals surface area contributed by atoms with Crippen LogP contribution in [-0.4, -0.2) is 80.7 Å². The summed E-state index contributed by atoms with van der Waals surface area (Å²) in [6.07, 6.45) is -7.16. The van der Waals surface area contributed by atoms with Crippen molar-refractivity contribution in [3.8, 4) is 0 Å². The third-order valence-electron chi connectivity index (χ3n) is 3.05. The van der Waals surface area contributed by atoms with Crippen molar-refractivity contribution in [2.45, 2.75) is 43.3 Å². The first-order valence-electron chi connectivity index (χ1n) is 6.42. The molecule has 0 aromatic carbocycles. The minimum Gasteiger partial charge on any atom is -0.394 e. The molecule has 1 aliphatic heterocycles. The molecule has 1 saturated heterocycles. The van der Waals surface area contributed by atoms with Gasteiger partial charge in [0.25, 0.3) is 0 Å². The lowest BCUT2D eigenvalue weighted by Gasteiger charge is -2.24. The Bertz CT molecular complexity index is 367. The Labute approximate surface area is 111 Å². The van der Waals surface area contributed by atoms with Crippen LogP contribution in [0.25, 0.3) is 0 Å². The average Bonchev–Trinajstić information content (AvgIpc) is 2.88. The van der Waals surface area contributed by atoms with Crippen LogP contribution in [0.15, 0.2) is 0 Å². The Morgan fingerprint density at radius 3 is 2.37 bits per heavy atom. The fourth-order valence-corrected chi connectivity index (χ4v) is 1.82. The normalized spacial score (nSPS) is 27.4. The van der Waals surface area contributed by atoms with Gasteiger partial charge in [-0.05, 0) is 19.4 Å². The molecule has 5 atom stereocenters. The first-order chi connectivity index (χ1) is 9.31. The van der Waals surface area contributed by atoms with Crippen LogP contribution in [-0.2, 0) is 9.59 Å². The van der Waals surface area contributed by atoms with Crippen LogP contribution in [0.5, 0.6) is 0 Å². The second-order valence-corrected chi connectivity index (χ2v) is 4.47. The molecule has 110 valence electrons. The molecular weight excluding hydrogens is 258 g/mol. The van der Waals surface area contributed by atoms with E-state index in [1.165, 1.54) is 0 Å². The molecule has 0 aliphatic carbocycles. The molecule has 0 radical (unpaired) electrons. The molecule has 0 aromatic heterocycles. The highest BCUT2D eigenvalue weighted by Crippen LogP contribution is 2.11. The number of carbonyl (C=O) groups is 2. The Morgan fingerprint density at radius 1 is 1.26 bits per heavy atom. The number of aliphatic hydroxyl groups excluding tert-OH is 5. The van der Waals surface area contributed by atoms with E-state index in [0.717, 1.165) is 5.31 Å². The largest absolute Gasteiger partial charge is 0.394 e. The summed E-state index contributed by atoms with van der Waals surface area (Å²) in [6, 6.07) is -0.968. The van der Waals surface area contributed by atoms with E-state index in [1.54, 1.807) is 0 Å². The summed E-state index contributed by atoms with van der Waals surface area (Å²) >= 11 is 0. The van der Waals surface area contributed by atoms with Crippen molar-refractivity contribution >= 4 is 11.6 Å². The van der Waals surface area contributed by atoms with Gasteiger partial charge in [-0.3, -0.25) is 9.59 Å². The number of aliphatic hydroxyl groups is 5.